The molecule has 1 N–H and O–H groups in total. The third-order valence-corrected chi connectivity index (χ3v) is 6.88. The molecule has 8 nitrogen and oxygen atoms in total. The maximum absolute atomic E-state index is 12.9. The average Bonchev–Trinajstić information content (AvgIpc) is 3.61. The van der Waals surface area contributed by atoms with Gasteiger partial charge in [0.15, 0.2) is 11.5 Å². The SMILES string of the molecule is CC(=O)Oc1c(-c2ccc(NC(=O)c3ccc(C(F)(F)F)cc3)cc2)c(-c2ccc3c(c2)OCO3)nn1-c1cccc(C)c1. The minimum Gasteiger partial charge on any atom is -0.454 e. The summed E-state index contributed by atoms with van der Waals surface area (Å²) < 4.78 is 57.1. The van der Waals surface area contributed by atoms with Crippen LogP contribution in [0.25, 0.3) is 28.1 Å². The van der Waals surface area contributed by atoms with Crippen LogP contribution in [0, 0.1) is 6.92 Å². The van der Waals surface area contributed by atoms with Gasteiger partial charge in [0.1, 0.15) is 5.69 Å². The Morgan fingerprint density at radius 2 is 1.59 bits per heavy atom. The number of fused-ring (bicyclic) bond motifs is 1. The van der Waals surface area contributed by atoms with Gasteiger partial charge in [-0.15, -0.1) is 0 Å². The summed E-state index contributed by atoms with van der Waals surface area (Å²) in [7, 11) is 0. The Bertz CT molecular complexity index is 1880. The molecule has 1 aliphatic heterocycles. The molecule has 0 bridgehead atoms. The molecule has 0 fully saturated rings. The van der Waals surface area contributed by atoms with Gasteiger partial charge in [0.2, 0.25) is 12.7 Å². The number of carbonyl (C=O) groups excluding carboxylic acids is 2. The fourth-order valence-corrected chi connectivity index (χ4v) is 4.81. The summed E-state index contributed by atoms with van der Waals surface area (Å²) in [5.74, 6) is 0.228. The van der Waals surface area contributed by atoms with E-state index in [0.29, 0.717) is 45.3 Å². The van der Waals surface area contributed by atoms with Crippen LogP contribution in [0.2, 0.25) is 0 Å². The van der Waals surface area contributed by atoms with E-state index in [1.165, 1.54) is 6.92 Å². The fraction of sp³-hybridized carbons (Fsp3) is 0.121. The van der Waals surface area contributed by atoms with Crippen LogP contribution in [0.5, 0.6) is 17.4 Å². The number of aromatic nitrogens is 2. The van der Waals surface area contributed by atoms with E-state index in [4.69, 9.17) is 19.3 Å². The van der Waals surface area contributed by atoms with Crippen molar-refractivity contribution in [3.8, 4) is 45.5 Å². The van der Waals surface area contributed by atoms with Crippen molar-refractivity contribution in [3.05, 3.63) is 108 Å². The summed E-state index contributed by atoms with van der Waals surface area (Å²) in [5, 5.41) is 7.57. The number of hydrogen-bond acceptors (Lipinski definition) is 6. The number of anilines is 1. The molecule has 0 unspecified atom stereocenters. The summed E-state index contributed by atoms with van der Waals surface area (Å²) >= 11 is 0. The molecule has 0 radical (unpaired) electrons. The van der Waals surface area contributed by atoms with Crippen molar-refractivity contribution >= 4 is 17.6 Å². The lowest BCUT2D eigenvalue weighted by molar-refractivity contribution is -0.137. The second kappa shape index (κ2) is 11.3. The zero-order valence-electron chi connectivity index (χ0n) is 23.4. The van der Waals surface area contributed by atoms with Gasteiger partial charge in [0.25, 0.3) is 5.91 Å². The molecule has 0 atom stereocenters. The molecule has 44 heavy (non-hydrogen) atoms. The molecule has 222 valence electrons. The third kappa shape index (κ3) is 5.71. The van der Waals surface area contributed by atoms with Gasteiger partial charge in [-0.3, -0.25) is 9.59 Å². The maximum Gasteiger partial charge on any atom is 0.416 e. The van der Waals surface area contributed by atoms with Crippen molar-refractivity contribution < 1.29 is 37.0 Å². The Labute approximate surface area is 249 Å². The van der Waals surface area contributed by atoms with E-state index in [1.54, 1.807) is 41.1 Å². The molecule has 0 aliphatic carbocycles. The lowest BCUT2D eigenvalue weighted by atomic mass is 10.0. The molecular formula is C33H24F3N3O5. The first-order chi connectivity index (χ1) is 21.1. The number of hydrogen-bond donors (Lipinski definition) is 1. The molecule has 0 saturated heterocycles. The predicted octanol–water partition coefficient (Wildman–Crippen LogP) is 7.44. The van der Waals surface area contributed by atoms with Gasteiger partial charge in [0, 0.05) is 23.7 Å². The topological polar surface area (TPSA) is 91.7 Å². The highest BCUT2D eigenvalue weighted by atomic mass is 19.4. The Morgan fingerprint density at radius 1 is 0.886 bits per heavy atom. The molecule has 1 aromatic heterocycles. The Morgan fingerprint density at radius 3 is 2.27 bits per heavy atom. The largest absolute Gasteiger partial charge is 0.454 e. The normalized spacial score (nSPS) is 12.2. The monoisotopic (exact) mass is 599 g/mol. The zero-order valence-corrected chi connectivity index (χ0v) is 23.4. The predicted molar refractivity (Wildman–Crippen MR) is 156 cm³/mol. The van der Waals surface area contributed by atoms with Crippen molar-refractivity contribution in [2.24, 2.45) is 0 Å². The van der Waals surface area contributed by atoms with Gasteiger partial charge < -0.3 is 19.5 Å². The minimum absolute atomic E-state index is 0.0729. The van der Waals surface area contributed by atoms with E-state index in [0.717, 1.165) is 29.8 Å². The molecule has 2 heterocycles. The Balaban J connectivity index is 1.40. The molecular weight excluding hydrogens is 575 g/mol. The van der Waals surface area contributed by atoms with Crippen molar-refractivity contribution in [2.45, 2.75) is 20.0 Å². The number of amides is 1. The molecule has 0 spiro atoms. The molecule has 1 aliphatic rings. The third-order valence-electron chi connectivity index (χ3n) is 6.88. The molecule has 11 heteroatoms. The van der Waals surface area contributed by atoms with Crippen LogP contribution in [0.4, 0.5) is 18.9 Å². The summed E-state index contributed by atoms with van der Waals surface area (Å²) in [4.78, 5) is 25.1. The highest BCUT2D eigenvalue weighted by molar-refractivity contribution is 6.04. The van der Waals surface area contributed by atoms with Gasteiger partial charge in [-0.1, -0.05) is 24.3 Å². The number of rotatable bonds is 6. The van der Waals surface area contributed by atoms with Crippen LogP contribution in [0.3, 0.4) is 0 Å². The number of nitrogens with one attached hydrogen (secondary N) is 1. The molecule has 4 aromatic carbocycles. The van der Waals surface area contributed by atoms with Crippen molar-refractivity contribution in [2.75, 3.05) is 12.1 Å². The van der Waals surface area contributed by atoms with Crippen LogP contribution < -0.4 is 19.5 Å². The standard InChI is InChI=1S/C33H24F3N3O5/c1-19-4-3-5-26(16-19)39-32(44-20(2)40)29(30(38-39)23-10-15-27-28(17-23)43-18-42-27)21-8-13-25(14-9-21)37-31(41)22-6-11-24(12-7-22)33(34,35)36/h3-17H,18H2,1-2H3,(H,37,41). The first-order valence-corrected chi connectivity index (χ1v) is 13.4. The van der Waals surface area contributed by atoms with Crippen LogP contribution in [0.1, 0.15) is 28.4 Å². The van der Waals surface area contributed by atoms with Crippen LogP contribution in [0.15, 0.2) is 91.0 Å². The van der Waals surface area contributed by atoms with E-state index >= 15 is 0 Å². The maximum atomic E-state index is 12.9. The van der Waals surface area contributed by atoms with Crippen molar-refractivity contribution in [1.82, 2.24) is 9.78 Å². The summed E-state index contributed by atoms with van der Waals surface area (Å²) in [5.41, 5.74) is 3.62. The van der Waals surface area contributed by atoms with Gasteiger partial charge in [0.05, 0.1) is 16.8 Å². The molecule has 0 saturated carbocycles. The highest BCUT2D eigenvalue weighted by Gasteiger charge is 2.30. The number of aryl methyl sites for hydroxylation is 1. The second-order valence-corrected chi connectivity index (χ2v) is 10.0. The number of nitrogens with zero attached hydrogens (tertiary/aromatic N) is 2. The zero-order chi connectivity index (χ0) is 31.0. The van der Waals surface area contributed by atoms with E-state index in [9.17, 15) is 22.8 Å². The van der Waals surface area contributed by atoms with Crippen molar-refractivity contribution in [3.63, 3.8) is 0 Å². The molecule has 5 aromatic rings. The van der Waals surface area contributed by atoms with E-state index in [-0.39, 0.29) is 18.2 Å². The van der Waals surface area contributed by atoms with E-state index < -0.39 is 23.6 Å². The molecule has 6 rings (SSSR count). The van der Waals surface area contributed by atoms with E-state index in [2.05, 4.69) is 5.32 Å². The minimum atomic E-state index is -4.50. The van der Waals surface area contributed by atoms with Crippen LogP contribution in [-0.2, 0) is 11.0 Å². The van der Waals surface area contributed by atoms with Gasteiger partial charge in [-0.05, 0) is 84.8 Å². The highest BCUT2D eigenvalue weighted by Crippen LogP contribution is 2.44. The van der Waals surface area contributed by atoms with Crippen LogP contribution >= 0.6 is 0 Å². The fourth-order valence-electron chi connectivity index (χ4n) is 4.81. The Kier molecular flexibility index (Phi) is 7.30. The van der Waals surface area contributed by atoms with Gasteiger partial charge in [-0.2, -0.15) is 23.0 Å². The lowest BCUT2D eigenvalue weighted by Gasteiger charge is -2.11. The summed E-state index contributed by atoms with van der Waals surface area (Å²) in [6.07, 6.45) is -4.50. The quantitative estimate of drug-likeness (QED) is 0.204. The smallest absolute Gasteiger partial charge is 0.416 e. The van der Waals surface area contributed by atoms with Crippen LogP contribution in [-0.4, -0.2) is 28.4 Å². The van der Waals surface area contributed by atoms with Gasteiger partial charge >= 0.3 is 12.1 Å². The first kappa shape index (κ1) is 28.5. The van der Waals surface area contributed by atoms with Crippen molar-refractivity contribution in [1.29, 1.82) is 0 Å². The molecule has 1 amide bonds. The number of halogens is 3. The number of carbonyl (C=O) groups is 2. The Hall–Kier alpha value is -5.58. The number of ether oxygens (including phenoxy) is 3. The average molecular weight is 600 g/mol. The van der Waals surface area contributed by atoms with E-state index in [1.807, 2.05) is 37.3 Å². The summed E-state index contributed by atoms with van der Waals surface area (Å²) in [6, 6.07) is 23.7. The summed E-state index contributed by atoms with van der Waals surface area (Å²) in [6.45, 7) is 3.34. The first-order valence-electron chi connectivity index (χ1n) is 13.4. The second-order valence-electron chi connectivity index (χ2n) is 10.0. The number of esters is 1. The lowest BCUT2D eigenvalue weighted by Crippen LogP contribution is -2.12. The number of benzene rings is 4. The van der Waals surface area contributed by atoms with Gasteiger partial charge in [-0.25, -0.2) is 0 Å². The number of alkyl halides is 3.